The van der Waals surface area contributed by atoms with Gasteiger partial charge in [0.2, 0.25) is 0 Å². The number of hydrogen-bond acceptors (Lipinski definition) is 6. The van der Waals surface area contributed by atoms with Crippen LogP contribution in [0.2, 0.25) is 0 Å². The predicted octanol–water partition coefficient (Wildman–Crippen LogP) is 1.99. The molecule has 0 spiro atoms. The van der Waals surface area contributed by atoms with Gasteiger partial charge in [0.25, 0.3) is 11.8 Å². The van der Waals surface area contributed by atoms with E-state index in [1.165, 1.54) is 23.9 Å². The van der Waals surface area contributed by atoms with Crippen LogP contribution < -0.4 is 15.8 Å². The van der Waals surface area contributed by atoms with Crippen molar-refractivity contribution in [1.82, 2.24) is 15.1 Å². The molecule has 0 atom stereocenters. The summed E-state index contributed by atoms with van der Waals surface area (Å²) in [4.78, 5) is 36.8. The number of nitrogens with zero attached hydrogens (tertiary/aromatic N) is 2. The van der Waals surface area contributed by atoms with Crippen LogP contribution >= 0.6 is 0 Å². The van der Waals surface area contributed by atoms with Gasteiger partial charge in [0.1, 0.15) is 11.4 Å². The van der Waals surface area contributed by atoms with Gasteiger partial charge in [-0.05, 0) is 17.7 Å². The van der Waals surface area contributed by atoms with Gasteiger partial charge in [0.15, 0.2) is 11.5 Å². The first-order valence-electron chi connectivity index (χ1n) is 8.88. The normalized spacial score (nSPS) is 12.6. The highest BCUT2D eigenvalue weighted by Crippen LogP contribution is 2.33. The quantitative estimate of drug-likeness (QED) is 0.391. The van der Waals surface area contributed by atoms with Crippen LogP contribution in [0.25, 0.3) is 11.3 Å². The van der Waals surface area contributed by atoms with Gasteiger partial charge in [-0.1, -0.05) is 30.3 Å². The maximum Gasteiger partial charge on any atom is 0.259 e. The summed E-state index contributed by atoms with van der Waals surface area (Å²) >= 11 is 0. The smallest absolute Gasteiger partial charge is 0.259 e. The molecule has 1 aliphatic rings. The number of ether oxygens (including phenoxy) is 1. The summed E-state index contributed by atoms with van der Waals surface area (Å²) in [6.45, 7) is 0. The minimum Gasteiger partial charge on any atom is -0.492 e. The first-order chi connectivity index (χ1) is 13.9. The van der Waals surface area contributed by atoms with Crippen molar-refractivity contribution in [3.05, 3.63) is 64.8 Å². The number of fused-ring (bicyclic) bond motifs is 1. The first-order valence-corrected chi connectivity index (χ1v) is 8.88. The Morgan fingerprint density at radius 2 is 1.79 bits per heavy atom. The van der Waals surface area contributed by atoms with Crippen molar-refractivity contribution in [3.8, 4) is 17.0 Å². The van der Waals surface area contributed by atoms with Gasteiger partial charge in [0.05, 0.1) is 18.2 Å². The summed E-state index contributed by atoms with van der Waals surface area (Å²) in [5.74, 6) is -0.884. The minimum atomic E-state index is -0.497. The highest BCUT2D eigenvalue weighted by Gasteiger charge is 2.29. The number of nitrogens with two attached hydrogens (primary N) is 1. The minimum absolute atomic E-state index is 0.0648. The maximum absolute atomic E-state index is 13.1. The Balaban J connectivity index is 1.72. The summed E-state index contributed by atoms with van der Waals surface area (Å²) in [6, 6.07) is 12.3. The summed E-state index contributed by atoms with van der Waals surface area (Å²) in [5, 5.41) is 6.67. The second kappa shape index (κ2) is 6.90. The van der Waals surface area contributed by atoms with Gasteiger partial charge in [-0.25, -0.2) is 0 Å². The zero-order chi connectivity index (χ0) is 20.7. The summed E-state index contributed by atoms with van der Waals surface area (Å²) in [7, 11) is 3.15. The molecule has 1 aliphatic heterocycles. The van der Waals surface area contributed by atoms with Crippen LogP contribution in [0.15, 0.2) is 42.5 Å². The molecule has 2 amide bonds. The molecule has 2 heterocycles. The van der Waals surface area contributed by atoms with E-state index in [1.807, 2.05) is 30.3 Å². The molecular formula is C21H18N4O4. The van der Waals surface area contributed by atoms with Crippen LogP contribution in [-0.4, -0.2) is 34.5 Å². The van der Waals surface area contributed by atoms with Crippen molar-refractivity contribution in [1.29, 1.82) is 0 Å². The van der Waals surface area contributed by atoms with Crippen LogP contribution in [-0.2, 0) is 13.5 Å². The number of nitrogens with one attached hydrogen (secondary N) is 1. The van der Waals surface area contributed by atoms with Crippen LogP contribution in [0, 0.1) is 0 Å². The van der Waals surface area contributed by atoms with E-state index in [1.54, 1.807) is 7.05 Å². The van der Waals surface area contributed by atoms with E-state index >= 15 is 0 Å². The molecule has 146 valence electrons. The Hall–Kier alpha value is -3.94. The molecule has 4 rings (SSSR count). The van der Waals surface area contributed by atoms with Crippen molar-refractivity contribution in [2.75, 3.05) is 12.8 Å². The molecule has 0 fully saturated rings. The molecule has 29 heavy (non-hydrogen) atoms. The van der Waals surface area contributed by atoms with Crippen molar-refractivity contribution in [2.24, 2.45) is 7.05 Å². The summed E-state index contributed by atoms with van der Waals surface area (Å²) in [5.41, 5.74) is 8.88. The van der Waals surface area contributed by atoms with Gasteiger partial charge in [-0.15, -0.1) is 0 Å². The summed E-state index contributed by atoms with van der Waals surface area (Å²) in [6.07, 6.45) is -0.0648. The van der Waals surface area contributed by atoms with Crippen molar-refractivity contribution in [2.45, 2.75) is 6.42 Å². The number of benzene rings is 2. The third kappa shape index (κ3) is 3.04. The molecule has 0 radical (unpaired) electrons. The largest absolute Gasteiger partial charge is 0.492 e. The van der Waals surface area contributed by atoms with Gasteiger partial charge in [-0.3, -0.25) is 24.4 Å². The van der Waals surface area contributed by atoms with Crippen molar-refractivity contribution >= 4 is 23.3 Å². The fourth-order valence-corrected chi connectivity index (χ4v) is 3.47. The van der Waals surface area contributed by atoms with Gasteiger partial charge < -0.3 is 10.5 Å². The Labute approximate surface area is 166 Å². The zero-order valence-electron chi connectivity index (χ0n) is 15.9. The highest BCUT2D eigenvalue weighted by atomic mass is 16.5. The number of anilines is 1. The third-order valence-electron chi connectivity index (χ3n) is 4.87. The standard InChI is InChI=1S/C21H18N4O4/c1-25-18(19(29-2)17(24-25)11-6-4-3-5-7-11)16(26)9-12-8-13-14(10-15(12)22)21(28)23-20(13)27/h3-8,10H,9,22H2,1-2H3,(H,23,27,28). The molecule has 0 saturated carbocycles. The number of methoxy groups -OCH3 is 1. The SMILES string of the molecule is COc1c(-c2ccccc2)nn(C)c1C(=O)Cc1cc2c(cc1N)C(=O)NC2=O. The van der Waals surface area contributed by atoms with E-state index < -0.39 is 11.8 Å². The Morgan fingerprint density at radius 3 is 2.45 bits per heavy atom. The van der Waals surface area contributed by atoms with E-state index in [2.05, 4.69) is 10.4 Å². The third-order valence-corrected chi connectivity index (χ3v) is 4.87. The number of carbonyl (C=O) groups is 3. The Kier molecular flexibility index (Phi) is 4.38. The fraction of sp³-hybridized carbons (Fsp3) is 0.143. The topological polar surface area (TPSA) is 116 Å². The lowest BCUT2D eigenvalue weighted by molar-refractivity contribution is 0.0878. The highest BCUT2D eigenvalue weighted by molar-refractivity contribution is 6.22. The van der Waals surface area contributed by atoms with E-state index in [9.17, 15) is 14.4 Å². The lowest BCUT2D eigenvalue weighted by Crippen LogP contribution is -2.19. The number of Topliss-reactive ketones (excluding diaryl/α,β-unsaturated/α-hetero) is 1. The number of carbonyl (C=O) groups excluding carboxylic acids is 3. The molecule has 3 aromatic rings. The predicted molar refractivity (Wildman–Crippen MR) is 106 cm³/mol. The van der Waals surface area contributed by atoms with Crippen LogP contribution in [0.3, 0.4) is 0 Å². The molecule has 3 N–H and O–H groups in total. The van der Waals surface area contributed by atoms with Crippen molar-refractivity contribution < 1.29 is 19.1 Å². The Bertz CT molecular complexity index is 1170. The van der Waals surface area contributed by atoms with E-state index in [0.29, 0.717) is 22.7 Å². The number of nitrogen functional groups attached to an aromatic ring is 1. The molecule has 0 unspecified atom stereocenters. The molecule has 8 heteroatoms. The number of aryl methyl sites for hydroxylation is 1. The molecule has 8 nitrogen and oxygen atoms in total. The maximum atomic E-state index is 13.1. The second-order valence-corrected chi connectivity index (χ2v) is 6.70. The fourth-order valence-electron chi connectivity index (χ4n) is 3.47. The number of imide groups is 1. The molecule has 0 saturated heterocycles. The number of rotatable bonds is 5. The first kappa shape index (κ1) is 18.4. The van der Waals surface area contributed by atoms with Crippen LogP contribution in [0.4, 0.5) is 5.69 Å². The van der Waals surface area contributed by atoms with Crippen LogP contribution in [0.1, 0.15) is 36.8 Å². The summed E-state index contributed by atoms with van der Waals surface area (Å²) < 4.78 is 6.98. The number of aromatic nitrogens is 2. The number of ketones is 1. The van der Waals surface area contributed by atoms with Gasteiger partial charge in [-0.2, -0.15) is 5.10 Å². The molecule has 2 aromatic carbocycles. The average Bonchev–Trinajstić information content (AvgIpc) is 3.18. The van der Waals surface area contributed by atoms with E-state index in [-0.39, 0.29) is 29.0 Å². The van der Waals surface area contributed by atoms with Crippen LogP contribution in [0.5, 0.6) is 5.75 Å². The van der Waals surface area contributed by atoms with Crippen molar-refractivity contribution in [3.63, 3.8) is 0 Å². The van der Waals surface area contributed by atoms with Gasteiger partial charge >= 0.3 is 0 Å². The molecule has 0 bridgehead atoms. The second-order valence-electron chi connectivity index (χ2n) is 6.70. The monoisotopic (exact) mass is 390 g/mol. The molecule has 1 aromatic heterocycles. The lowest BCUT2D eigenvalue weighted by atomic mass is 9.98. The molecular weight excluding hydrogens is 372 g/mol. The van der Waals surface area contributed by atoms with E-state index in [4.69, 9.17) is 10.5 Å². The number of amides is 2. The lowest BCUT2D eigenvalue weighted by Gasteiger charge is -2.09. The Morgan fingerprint density at radius 1 is 1.14 bits per heavy atom. The number of hydrogen-bond donors (Lipinski definition) is 2. The van der Waals surface area contributed by atoms with Gasteiger partial charge in [0, 0.05) is 24.7 Å². The zero-order valence-corrected chi connectivity index (χ0v) is 15.9. The average molecular weight is 390 g/mol. The molecule has 0 aliphatic carbocycles. The van der Waals surface area contributed by atoms with E-state index in [0.717, 1.165) is 5.56 Å².